The molecule has 2 aliphatic heterocycles. The number of hydrogen-bond acceptors (Lipinski definition) is 6. The third kappa shape index (κ3) is 4.29. The number of carbonyl (C=O) groups is 1. The van der Waals surface area contributed by atoms with Crippen LogP contribution in [0.4, 0.5) is 10.7 Å². The van der Waals surface area contributed by atoms with Crippen molar-refractivity contribution < 1.29 is 4.79 Å². The van der Waals surface area contributed by atoms with E-state index in [-0.39, 0.29) is 6.03 Å². The first-order chi connectivity index (χ1) is 11.7. The van der Waals surface area contributed by atoms with E-state index in [1.165, 1.54) is 5.01 Å². The summed E-state index contributed by atoms with van der Waals surface area (Å²) in [6, 6.07) is 1.64. The van der Waals surface area contributed by atoms with Crippen molar-refractivity contribution in [2.45, 2.75) is 12.8 Å². The Bertz CT molecular complexity index is 596. The summed E-state index contributed by atoms with van der Waals surface area (Å²) in [7, 11) is 0. The Hall–Kier alpha value is -2.48. The number of amides is 2. The largest absolute Gasteiger partial charge is 0.342 e. The minimum Gasteiger partial charge on any atom is -0.338 e. The zero-order valence-electron chi connectivity index (χ0n) is 13.8. The molecule has 0 saturated carbocycles. The molecular formula is C16H23N7O. The highest BCUT2D eigenvalue weighted by Crippen LogP contribution is 2.10. The molecule has 128 valence electrons. The SMILES string of the molecule is C=C1C=NN(CCCCN2CCN(c3ncccn3)CC2)C(=O)N1. The second kappa shape index (κ2) is 7.87. The molecular weight excluding hydrogens is 306 g/mol. The molecule has 1 N–H and O–H groups in total. The van der Waals surface area contributed by atoms with E-state index in [0.29, 0.717) is 12.2 Å². The Kier molecular flexibility index (Phi) is 5.37. The molecule has 3 heterocycles. The number of aromatic nitrogens is 2. The van der Waals surface area contributed by atoms with Gasteiger partial charge in [-0.15, -0.1) is 0 Å². The lowest BCUT2D eigenvalue weighted by Gasteiger charge is -2.34. The van der Waals surface area contributed by atoms with Crippen molar-refractivity contribution in [1.82, 2.24) is 25.2 Å². The summed E-state index contributed by atoms with van der Waals surface area (Å²) >= 11 is 0. The molecule has 0 atom stereocenters. The monoisotopic (exact) mass is 329 g/mol. The first kappa shape index (κ1) is 16.4. The molecule has 2 amide bonds. The molecule has 0 bridgehead atoms. The highest BCUT2D eigenvalue weighted by Gasteiger charge is 2.19. The van der Waals surface area contributed by atoms with Gasteiger partial charge in [0.15, 0.2) is 0 Å². The van der Waals surface area contributed by atoms with Crippen LogP contribution in [0.25, 0.3) is 0 Å². The third-order valence-electron chi connectivity index (χ3n) is 4.16. The second-order valence-corrected chi connectivity index (χ2v) is 5.91. The summed E-state index contributed by atoms with van der Waals surface area (Å²) in [4.78, 5) is 24.9. The minimum atomic E-state index is -0.195. The predicted molar refractivity (Wildman–Crippen MR) is 92.8 cm³/mol. The molecule has 1 fully saturated rings. The molecule has 1 aromatic heterocycles. The number of hydrazone groups is 1. The molecule has 8 heteroatoms. The first-order valence-electron chi connectivity index (χ1n) is 8.28. The van der Waals surface area contributed by atoms with Gasteiger partial charge in [-0.25, -0.2) is 19.8 Å². The molecule has 0 radical (unpaired) electrons. The van der Waals surface area contributed by atoms with Gasteiger partial charge in [0.05, 0.1) is 11.9 Å². The highest BCUT2D eigenvalue weighted by atomic mass is 16.2. The average molecular weight is 329 g/mol. The lowest BCUT2D eigenvalue weighted by Crippen LogP contribution is -2.47. The fourth-order valence-corrected chi connectivity index (χ4v) is 2.81. The molecule has 0 unspecified atom stereocenters. The van der Waals surface area contributed by atoms with Crippen molar-refractivity contribution in [2.75, 3.05) is 44.2 Å². The van der Waals surface area contributed by atoms with Crippen LogP contribution in [0.1, 0.15) is 12.8 Å². The maximum Gasteiger partial charge on any atom is 0.342 e. The fourth-order valence-electron chi connectivity index (χ4n) is 2.81. The smallest absolute Gasteiger partial charge is 0.338 e. The van der Waals surface area contributed by atoms with Crippen LogP contribution in [0.3, 0.4) is 0 Å². The zero-order valence-corrected chi connectivity index (χ0v) is 13.8. The van der Waals surface area contributed by atoms with Crippen LogP contribution in [0.15, 0.2) is 35.8 Å². The average Bonchev–Trinajstić information content (AvgIpc) is 2.61. The second-order valence-electron chi connectivity index (χ2n) is 5.91. The van der Waals surface area contributed by atoms with E-state index in [9.17, 15) is 4.79 Å². The van der Waals surface area contributed by atoms with E-state index in [1.54, 1.807) is 18.6 Å². The quantitative estimate of drug-likeness (QED) is 0.785. The molecule has 2 aliphatic rings. The number of urea groups is 1. The Morgan fingerprint density at radius 2 is 1.79 bits per heavy atom. The molecule has 1 aromatic rings. The summed E-state index contributed by atoms with van der Waals surface area (Å²) < 4.78 is 0. The number of anilines is 1. The predicted octanol–water partition coefficient (Wildman–Crippen LogP) is 0.903. The minimum absolute atomic E-state index is 0.195. The summed E-state index contributed by atoms with van der Waals surface area (Å²) in [6.45, 7) is 9.25. The number of rotatable bonds is 6. The molecule has 8 nitrogen and oxygen atoms in total. The molecule has 24 heavy (non-hydrogen) atoms. The van der Waals surface area contributed by atoms with Gasteiger partial charge in [-0.2, -0.15) is 5.10 Å². The number of hydrogen-bond donors (Lipinski definition) is 1. The highest BCUT2D eigenvalue weighted by molar-refractivity contribution is 5.90. The van der Waals surface area contributed by atoms with Crippen molar-refractivity contribution in [2.24, 2.45) is 5.10 Å². The van der Waals surface area contributed by atoms with Gasteiger partial charge in [0.1, 0.15) is 0 Å². The number of carbonyl (C=O) groups excluding carboxylic acids is 1. The van der Waals surface area contributed by atoms with Crippen LogP contribution in [0, 0.1) is 0 Å². The van der Waals surface area contributed by atoms with Gasteiger partial charge >= 0.3 is 6.03 Å². The number of unbranched alkanes of at least 4 members (excludes halogenated alkanes) is 1. The molecule has 0 aliphatic carbocycles. The van der Waals surface area contributed by atoms with Crippen molar-refractivity contribution in [3.63, 3.8) is 0 Å². The van der Waals surface area contributed by atoms with E-state index in [1.807, 2.05) is 6.07 Å². The van der Waals surface area contributed by atoms with Crippen LogP contribution in [0.5, 0.6) is 0 Å². The van der Waals surface area contributed by atoms with E-state index in [4.69, 9.17) is 0 Å². The van der Waals surface area contributed by atoms with Gasteiger partial charge < -0.3 is 10.2 Å². The normalized spacial score (nSPS) is 18.8. The van der Waals surface area contributed by atoms with E-state index >= 15 is 0 Å². The van der Waals surface area contributed by atoms with Crippen LogP contribution in [-0.4, -0.2) is 71.4 Å². The van der Waals surface area contributed by atoms with Crippen LogP contribution in [0.2, 0.25) is 0 Å². The Labute approximate surface area is 141 Å². The summed E-state index contributed by atoms with van der Waals surface area (Å²) in [5.41, 5.74) is 0.538. The van der Waals surface area contributed by atoms with E-state index in [0.717, 1.165) is 51.5 Å². The van der Waals surface area contributed by atoms with Gasteiger partial charge in [-0.05, 0) is 25.5 Å². The van der Waals surface area contributed by atoms with E-state index < -0.39 is 0 Å². The Morgan fingerprint density at radius 3 is 2.50 bits per heavy atom. The molecule has 0 aromatic carbocycles. The van der Waals surface area contributed by atoms with Crippen molar-refractivity contribution in [3.05, 3.63) is 30.7 Å². The molecule has 3 rings (SSSR count). The van der Waals surface area contributed by atoms with Gasteiger partial charge in [0.25, 0.3) is 0 Å². The zero-order chi connectivity index (χ0) is 16.8. The Balaban J connectivity index is 1.33. The number of nitrogens with zero attached hydrogens (tertiary/aromatic N) is 6. The van der Waals surface area contributed by atoms with Gasteiger partial charge in [-0.3, -0.25) is 4.90 Å². The first-order valence-corrected chi connectivity index (χ1v) is 8.28. The third-order valence-corrected chi connectivity index (χ3v) is 4.16. The lowest BCUT2D eigenvalue weighted by atomic mass is 10.2. The van der Waals surface area contributed by atoms with E-state index in [2.05, 4.69) is 36.8 Å². The van der Waals surface area contributed by atoms with Crippen LogP contribution >= 0.6 is 0 Å². The van der Waals surface area contributed by atoms with Crippen LogP contribution in [-0.2, 0) is 0 Å². The van der Waals surface area contributed by atoms with Crippen molar-refractivity contribution >= 4 is 18.2 Å². The lowest BCUT2D eigenvalue weighted by molar-refractivity contribution is 0.197. The maximum atomic E-state index is 11.7. The van der Waals surface area contributed by atoms with Gasteiger partial charge in [0, 0.05) is 45.1 Å². The van der Waals surface area contributed by atoms with Crippen molar-refractivity contribution in [3.8, 4) is 0 Å². The van der Waals surface area contributed by atoms with Gasteiger partial charge in [0.2, 0.25) is 5.95 Å². The molecule has 0 spiro atoms. The maximum absolute atomic E-state index is 11.7. The standard InChI is InChI=1S/C16H23N7O/c1-14-13-19-23(16(24)20-14)8-3-2-7-21-9-11-22(12-10-21)15-17-5-4-6-18-15/h4-6,13H,1-3,7-12H2,(H,20,24). The van der Waals surface area contributed by atoms with Crippen LogP contribution < -0.4 is 10.2 Å². The number of allylic oxidation sites excluding steroid dienone is 1. The van der Waals surface area contributed by atoms with Gasteiger partial charge in [-0.1, -0.05) is 6.58 Å². The molecule has 1 saturated heterocycles. The fraction of sp³-hybridized carbons (Fsp3) is 0.500. The number of piperazine rings is 1. The summed E-state index contributed by atoms with van der Waals surface area (Å²) in [5, 5.41) is 8.20. The van der Waals surface area contributed by atoms with Crippen molar-refractivity contribution in [1.29, 1.82) is 0 Å². The summed E-state index contributed by atoms with van der Waals surface area (Å²) in [5.74, 6) is 0.813. The Morgan fingerprint density at radius 1 is 1.08 bits per heavy atom. The topological polar surface area (TPSA) is 77.0 Å². The summed E-state index contributed by atoms with van der Waals surface area (Å²) in [6.07, 6.45) is 7.11. The number of nitrogens with one attached hydrogen (secondary N) is 1.